The topological polar surface area (TPSA) is 46.2 Å². The summed E-state index contributed by atoms with van der Waals surface area (Å²) in [5, 5.41) is 2.52. The molecule has 0 aliphatic rings. The van der Waals surface area contributed by atoms with Gasteiger partial charge in [-0.3, -0.25) is 9.59 Å². The molecule has 2 aromatic heterocycles. The summed E-state index contributed by atoms with van der Waals surface area (Å²) >= 11 is 3.22. The molecular weight excluding hydrogens is 278 g/mol. The summed E-state index contributed by atoms with van der Waals surface area (Å²) in [7, 11) is 1.58. The van der Waals surface area contributed by atoms with Gasteiger partial charge in [-0.1, -0.05) is 0 Å². The van der Waals surface area contributed by atoms with Crippen molar-refractivity contribution in [2.45, 2.75) is 19.8 Å². The molecule has 2 heterocycles. The molecule has 0 aromatic carbocycles. The third-order valence-corrected chi connectivity index (χ3v) is 5.04. The Morgan fingerprint density at radius 2 is 1.74 bits per heavy atom. The predicted molar refractivity (Wildman–Crippen MR) is 80.0 cm³/mol. The SMILES string of the molecule is CNC(=O)CCC(=O)c1ccc(-c2ccc(C)s2)s1. The second kappa shape index (κ2) is 6.12. The first-order chi connectivity index (χ1) is 9.10. The first-order valence-electron chi connectivity index (χ1n) is 6.00. The number of carbonyl (C=O) groups excluding carboxylic acids is 2. The van der Waals surface area contributed by atoms with Crippen molar-refractivity contribution in [1.82, 2.24) is 5.32 Å². The number of hydrogen-bond donors (Lipinski definition) is 1. The highest BCUT2D eigenvalue weighted by molar-refractivity contribution is 7.23. The van der Waals surface area contributed by atoms with Crippen LogP contribution in [-0.4, -0.2) is 18.7 Å². The Morgan fingerprint density at radius 3 is 2.37 bits per heavy atom. The fourth-order valence-corrected chi connectivity index (χ4v) is 3.59. The van der Waals surface area contributed by atoms with Crippen molar-refractivity contribution in [3.63, 3.8) is 0 Å². The van der Waals surface area contributed by atoms with E-state index in [2.05, 4.69) is 24.4 Å². The first kappa shape index (κ1) is 14.0. The van der Waals surface area contributed by atoms with Gasteiger partial charge in [-0.2, -0.15) is 0 Å². The summed E-state index contributed by atoms with van der Waals surface area (Å²) in [5.41, 5.74) is 0. The molecule has 0 spiro atoms. The minimum Gasteiger partial charge on any atom is -0.359 e. The Kier molecular flexibility index (Phi) is 4.50. The molecule has 0 saturated heterocycles. The zero-order chi connectivity index (χ0) is 13.8. The summed E-state index contributed by atoms with van der Waals surface area (Å²) in [4.78, 5) is 27.4. The third-order valence-electron chi connectivity index (χ3n) is 2.72. The van der Waals surface area contributed by atoms with Gasteiger partial charge in [-0.15, -0.1) is 22.7 Å². The zero-order valence-corrected chi connectivity index (χ0v) is 12.5. The van der Waals surface area contributed by atoms with Crippen LogP contribution in [0, 0.1) is 6.92 Å². The van der Waals surface area contributed by atoms with Gasteiger partial charge < -0.3 is 5.32 Å². The number of hydrogen-bond acceptors (Lipinski definition) is 4. The Labute approximate surface area is 120 Å². The molecule has 0 aliphatic carbocycles. The molecule has 100 valence electrons. The molecule has 5 heteroatoms. The molecule has 2 aromatic rings. The summed E-state index contributed by atoms with van der Waals surface area (Å²) in [5.74, 6) is -0.0628. The van der Waals surface area contributed by atoms with Crippen LogP contribution in [0.4, 0.5) is 0 Å². The van der Waals surface area contributed by atoms with Gasteiger partial charge in [0, 0.05) is 34.5 Å². The fourth-order valence-electron chi connectivity index (χ4n) is 1.66. The number of nitrogens with one attached hydrogen (secondary N) is 1. The van der Waals surface area contributed by atoms with Crippen LogP contribution in [0.1, 0.15) is 27.4 Å². The van der Waals surface area contributed by atoms with Crippen LogP contribution in [0.2, 0.25) is 0 Å². The molecule has 0 unspecified atom stereocenters. The van der Waals surface area contributed by atoms with Crippen LogP contribution >= 0.6 is 22.7 Å². The molecule has 2 rings (SSSR count). The first-order valence-corrected chi connectivity index (χ1v) is 7.64. The second-order valence-electron chi connectivity index (χ2n) is 4.17. The summed E-state index contributed by atoms with van der Waals surface area (Å²) in [6, 6.07) is 7.97. The maximum absolute atomic E-state index is 11.9. The lowest BCUT2D eigenvalue weighted by atomic mass is 10.2. The normalized spacial score (nSPS) is 10.4. The summed E-state index contributed by atoms with van der Waals surface area (Å²) < 4.78 is 0. The van der Waals surface area contributed by atoms with Gasteiger partial charge in [0.05, 0.1) is 4.88 Å². The lowest BCUT2D eigenvalue weighted by molar-refractivity contribution is -0.120. The van der Waals surface area contributed by atoms with Crippen LogP contribution in [0.3, 0.4) is 0 Å². The zero-order valence-electron chi connectivity index (χ0n) is 10.9. The summed E-state index contributed by atoms with van der Waals surface area (Å²) in [6.45, 7) is 2.07. The Balaban J connectivity index is 2.04. The van der Waals surface area contributed by atoms with E-state index in [1.54, 1.807) is 18.4 Å². The molecule has 0 radical (unpaired) electrons. The minimum atomic E-state index is -0.0981. The number of ketones is 1. The monoisotopic (exact) mass is 293 g/mol. The van der Waals surface area contributed by atoms with Gasteiger partial charge in [-0.05, 0) is 31.2 Å². The number of carbonyl (C=O) groups is 2. The molecule has 3 nitrogen and oxygen atoms in total. The molecular formula is C14H15NO2S2. The lowest BCUT2D eigenvalue weighted by Gasteiger charge is -1.97. The number of Topliss-reactive ketones (excluding diaryl/α,β-unsaturated/α-hetero) is 1. The lowest BCUT2D eigenvalue weighted by Crippen LogP contribution is -2.18. The average Bonchev–Trinajstić information content (AvgIpc) is 3.03. The van der Waals surface area contributed by atoms with Crippen LogP contribution in [0.5, 0.6) is 0 Å². The van der Waals surface area contributed by atoms with E-state index in [0.29, 0.717) is 0 Å². The molecule has 19 heavy (non-hydrogen) atoms. The third kappa shape index (κ3) is 3.52. The molecule has 1 N–H and O–H groups in total. The molecule has 0 saturated carbocycles. The van der Waals surface area contributed by atoms with Crippen LogP contribution in [0.25, 0.3) is 9.75 Å². The molecule has 0 fully saturated rings. The van der Waals surface area contributed by atoms with E-state index in [0.717, 1.165) is 9.75 Å². The highest BCUT2D eigenvalue weighted by Gasteiger charge is 2.12. The van der Waals surface area contributed by atoms with Gasteiger partial charge in [0.1, 0.15) is 0 Å². The number of aryl methyl sites for hydroxylation is 1. The largest absolute Gasteiger partial charge is 0.359 e. The van der Waals surface area contributed by atoms with Crippen molar-refractivity contribution < 1.29 is 9.59 Å². The Hall–Kier alpha value is -1.46. The van der Waals surface area contributed by atoms with E-state index >= 15 is 0 Å². The smallest absolute Gasteiger partial charge is 0.220 e. The van der Waals surface area contributed by atoms with Crippen molar-refractivity contribution in [3.05, 3.63) is 34.0 Å². The van der Waals surface area contributed by atoms with Gasteiger partial charge >= 0.3 is 0 Å². The highest BCUT2D eigenvalue weighted by Crippen LogP contribution is 2.33. The van der Waals surface area contributed by atoms with Gasteiger partial charge in [-0.25, -0.2) is 0 Å². The van der Waals surface area contributed by atoms with Crippen LogP contribution in [-0.2, 0) is 4.79 Å². The van der Waals surface area contributed by atoms with Crippen LogP contribution in [0.15, 0.2) is 24.3 Å². The van der Waals surface area contributed by atoms with Crippen molar-refractivity contribution in [3.8, 4) is 9.75 Å². The van der Waals surface area contributed by atoms with Crippen molar-refractivity contribution >= 4 is 34.4 Å². The standard InChI is InChI=1S/C14H15NO2S2/c1-9-3-5-12(18-9)13-7-6-11(19-13)10(16)4-8-14(17)15-2/h3,5-7H,4,8H2,1-2H3,(H,15,17). The second-order valence-corrected chi connectivity index (χ2v) is 6.54. The fraction of sp³-hybridized carbons (Fsp3) is 0.286. The van der Waals surface area contributed by atoms with Crippen molar-refractivity contribution in [2.24, 2.45) is 0 Å². The number of rotatable bonds is 5. The predicted octanol–water partition coefficient (Wildman–Crippen LogP) is 3.49. The van der Waals surface area contributed by atoms with Gasteiger partial charge in [0.25, 0.3) is 0 Å². The maximum Gasteiger partial charge on any atom is 0.220 e. The van der Waals surface area contributed by atoms with E-state index in [9.17, 15) is 9.59 Å². The maximum atomic E-state index is 11.9. The molecule has 0 aliphatic heterocycles. The van der Waals surface area contributed by atoms with Gasteiger partial charge in [0.2, 0.25) is 5.91 Å². The van der Waals surface area contributed by atoms with Gasteiger partial charge in [0.15, 0.2) is 5.78 Å². The highest BCUT2D eigenvalue weighted by atomic mass is 32.1. The van der Waals surface area contributed by atoms with E-state index in [4.69, 9.17) is 0 Å². The summed E-state index contributed by atoms with van der Waals surface area (Å²) in [6.07, 6.45) is 0.518. The minimum absolute atomic E-state index is 0.0353. The van der Waals surface area contributed by atoms with E-state index in [1.165, 1.54) is 21.1 Å². The molecule has 0 atom stereocenters. The van der Waals surface area contributed by atoms with Crippen molar-refractivity contribution in [1.29, 1.82) is 0 Å². The Bertz CT molecular complexity index is 598. The van der Waals surface area contributed by atoms with E-state index in [-0.39, 0.29) is 24.5 Å². The number of amides is 1. The number of thiophene rings is 2. The molecule has 1 amide bonds. The van der Waals surface area contributed by atoms with E-state index in [1.807, 2.05) is 12.1 Å². The molecule has 0 bridgehead atoms. The van der Waals surface area contributed by atoms with Crippen LogP contribution < -0.4 is 5.32 Å². The van der Waals surface area contributed by atoms with E-state index < -0.39 is 0 Å². The average molecular weight is 293 g/mol. The quantitative estimate of drug-likeness (QED) is 0.858. The Morgan fingerprint density at radius 1 is 1.05 bits per heavy atom. The van der Waals surface area contributed by atoms with Crippen molar-refractivity contribution in [2.75, 3.05) is 7.05 Å².